The molecule has 2 aromatic rings. The van der Waals surface area contributed by atoms with Crippen LogP contribution in [-0.2, 0) is 6.42 Å². The van der Waals surface area contributed by atoms with Gasteiger partial charge in [0.15, 0.2) is 0 Å². The molecule has 0 radical (unpaired) electrons. The molecule has 0 amide bonds. The zero-order valence-electron chi connectivity index (χ0n) is 11.6. The standard InChI is InChI=1S/C15H20N2O2/c1-3-4-5-6-9-13-12(2)16(18)14-10-7-8-11-15(14)17(13)19/h7-8,10-11H,3-6,9H2,1-2H3. The van der Waals surface area contributed by atoms with Crippen LogP contribution in [0.4, 0.5) is 0 Å². The van der Waals surface area contributed by atoms with Gasteiger partial charge in [-0.2, -0.15) is 0 Å². The van der Waals surface area contributed by atoms with Crippen molar-refractivity contribution in [2.75, 3.05) is 0 Å². The molecular weight excluding hydrogens is 240 g/mol. The normalized spacial score (nSPS) is 11.1. The molecule has 0 bridgehead atoms. The second kappa shape index (κ2) is 5.87. The maximum atomic E-state index is 12.3. The fourth-order valence-electron chi connectivity index (χ4n) is 2.40. The summed E-state index contributed by atoms with van der Waals surface area (Å²) in [4.78, 5) is 12.3. The number of aromatic nitrogens is 2. The highest BCUT2D eigenvalue weighted by Gasteiger charge is 2.18. The number of hydrogen-bond acceptors (Lipinski definition) is 2. The van der Waals surface area contributed by atoms with E-state index in [0.29, 0.717) is 28.8 Å². The zero-order chi connectivity index (χ0) is 13.8. The van der Waals surface area contributed by atoms with E-state index in [-0.39, 0.29) is 0 Å². The van der Waals surface area contributed by atoms with Crippen molar-refractivity contribution < 1.29 is 4.43 Å². The van der Waals surface area contributed by atoms with Crippen LogP contribution in [0.2, 0.25) is 0 Å². The summed E-state index contributed by atoms with van der Waals surface area (Å²) in [6, 6.07) is 6.94. The van der Waals surface area contributed by atoms with Gasteiger partial charge in [0.05, 0.1) is 10.1 Å². The fourth-order valence-corrected chi connectivity index (χ4v) is 2.40. The smallest absolute Gasteiger partial charge is 0.286 e. The first kappa shape index (κ1) is 13.6. The Morgan fingerprint density at radius 2 is 1.95 bits per heavy atom. The maximum absolute atomic E-state index is 12.3. The molecule has 4 nitrogen and oxygen atoms in total. The Balaban J connectivity index is 2.41. The Morgan fingerprint density at radius 3 is 2.68 bits per heavy atom. The first-order valence-electron chi connectivity index (χ1n) is 6.90. The van der Waals surface area contributed by atoms with Crippen molar-refractivity contribution in [1.82, 2.24) is 4.73 Å². The van der Waals surface area contributed by atoms with E-state index in [0.717, 1.165) is 28.4 Å². The SMILES string of the molecule is CCCCCCc1c(C)n([O-])c2ccccc2[n+]1=O. The molecule has 0 N–H and O–H groups in total. The molecule has 0 spiro atoms. The van der Waals surface area contributed by atoms with E-state index >= 15 is 0 Å². The molecule has 4 heteroatoms. The van der Waals surface area contributed by atoms with Gasteiger partial charge in [-0.3, -0.25) is 0 Å². The van der Waals surface area contributed by atoms with Gasteiger partial charge >= 0.3 is 0 Å². The van der Waals surface area contributed by atoms with Crippen LogP contribution in [0, 0.1) is 17.0 Å². The molecule has 1 aromatic heterocycles. The van der Waals surface area contributed by atoms with Crippen LogP contribution in [0.25, 0.3) is 11.0 Å². The summed E-state index contributed by atoms with van der Waals surface area (Å²) in [5.74, 6) is 0. The highest BCUT2D eigenvalue weighted by Crippen LogP contribution is 2.15. The minimum Gasteiger partial charge on any atom is -0.805 e. The van der Waals surface area contributed by atoms with Crippen LogP contribution in [-0.4, -0.2) is 4.73 Å². The van der Waals surface area contributed by atoms with Crippen LogP contribution in [0.1, 0.15) is 44.0 Å². The lowest BCUT2D eigenvalue weighted by atomic mass is 10.1. The van der Waals surface area contributed by atoms with Crippen molar-refractivity contribution in [1.29, 1.82) is 0 Å². The van der Waals surface area contributed by atoms with Crippen molar-refractivity contribution in [2.24, 2.45) is 0 Å². The van der Waals surface area contributed by atoms with Crippen molar-refractivity contribution in [3.05, 3.63) is 45.8 Å². The van der Waals surface area contributed by atoms with E-state index in [9.17, 15) is 10.1 Å². The average Bonchev–Trinajstić information content (AvgIpc) is 2.44. The van der Waals surface area contributed by atoms with E-state index in [1.165, 1.54) is 6.42 Å². The number of para-hydroxylation sites is 2. The molecule has 0 fully saturated rings. The van der Waals surface area contributed by atoms with Crippen LogP contribution in [0.5, 0.6) is 0 Å². The van der Waals surface area contributed by atoms with E-state index in [4.69, 9.17) is 0 Å². The lowest BCUT2D eigenvalue weighted by molar-refractivity contribution is -0.476. The maximum Gasteiger partial charge on any atom is 0.286 e. The lowest BCUT2D eigenvalue weighted by Crippen LogP contribution is -2.26. The van der Waals surface area contributed by atoms with Gasteiger partial charge in [-0.05, 0) is 19.4 Å². The van der Waals surface area contributed by atoms with Gasteiger partial charge in [-0.1, -0.05) is 38.3 Å². The van der Waals surface area contributed by atoms with Crippen molar-refractivity contribution in [2.45, 2.75) is 46.0 Å². The summed E-state index contributed by atoms with van der Waals surface area (Å²) in [6.07, 6.45) is 5.05. The minimum absolute atomic E-state index is 0.437. The largest absolute Gasteiger partial charge is 0.805 e. The Kier molecular flexibility index (Phi) is 4.20. The predicted octanol–water partition coefficient (Wildman–Crippen LogP) is 3.33. The number of nitrogens with zero attached hydrogens (tertiary/aromatic N) is 2. The van der Waals surface area contributed by atoms with Crippen molar-refractivity contribution in [3.8, 4) is 0 Å². The Hall–Kier alpha value is -1.84. The molecule has 102 valence electrons. The van der Waals surface area contributed by atoms with E-state index in [1.807, 2.05) is 0 Å². The summed E-state index contributed by atoms with van der Waals surface area (Å²) < 4.78 is 1.80. The molecule has 0 saturated carbocycles. The zero-order valence-corrected chi connectivity index (χ0v) is 11.6. The Bertz CT molecular complexity index is 632. The first-order valence-corrected chi connectivity index (χ1v) is 6.90. The summed E-state index contributed by atoms with van der Waals surface area (Å²) in [5.41, 5.74) is 2.01. The summed E-state index contributed by atoms with van der Waals surface area (Å²) in [7, 11) is 0. The molecule has 0 aliphatic carbocycles. The number of fused-ring (bicyclic) bond motifs is 1. The Labute approximate surface area is 112 Å². The van der Waals surface area contributed by atoms with Crippen LogP contribution in [0.3, 0.4) is 0 Å². The first-order chi connectivity index (χ1) is 9.16. The number of benzene rings is 1. The van der Waals surface area contributed by atoms with E-state index < -0.39 is 0 Å². The van der Waals surface area contributed by atoms with E-state index in [2.05, 4.69) is 6.92 Å². The minimum atomic E-state index is 0.437. The van der Waals surface area contributed by atoms with Gasteiger partial charge < -0.3 is 9.94 Å². The second-order valence-electron chi connectivity index (χ2n) is 4.92. The highest BCUT2D eigenvalue weighted by molar-refractivity contribution is 5.72. The van der Waals surface area contributed by atoms with Crippen LogP contribution in [0.15, 0.2) is 24.3 Å². The van der Waals surface area contributed by atoms with Gasteiger partial charge in [0, 0.05) is 17.4 Å². The van der Waals surface area contributed by atoms with Crippen LogP contribution >= 0.6 is 0 Å². The van der Waals surface area contributed by atoms with Gasteiger partial charge in [-0.15, -0.1) is 0 Å². The van der Waals surface area contributed by atoms with Gasteiger partial charge in [0.1, 0.15) is 5.52 Å². The summed E-state index contributed by atoms with van der Waals surface area (Å²) >= 11 is 0. The lowest BCUT2D eigenvalue weighted by Gasteiger charge is -2.16. The van der Waals surface area contributed by atoms with Crippen molar-refractivity contribution in [3.63, 3.8) is 0 Å². The molecule has 1 heterocycles. The van der Waals surface area contributed by atoms with Gasteiger partial charge in [0.2, 0.25) is 0 Å². The topological polar surface area (TPSA) is 51.0 Å². The summed E-state index contributed by atoms with van der Waals surface area (Å²) in [5, 5.41) is 12.2. The molecule has 0 aliphatic rings. The molecule has 0 saturated heterocycles. The number of rotatable bonds is 5. The second-order valence-corrected chi connectivity index (χ2v) is 4.92. The number of hydrogen-bond donors (Lipinski definition) is 0. The van der Waals surface area contributed by atoms with Gasteiger partial charge in [-0.25, -0.2) is 0 Å². The third-order valence-electron chi connectivity index (χ3n) is 3.55. The van der Waals surface area contributed by atoms with Crippen LogP contribution < -0.4 is 4.43 Å². The number of unbranched alkanes of at least 4 members (excludes halogenated alkanes) is 3. The molecular formula is C15H20N2O2. The third-order valence-corrected chi connectivity index (χ3v) is 3.55. The monoisotopic (exact) mass is 260 g/mol. The molecule has 0 atom stereocenters. The molecule has 2 rings (SSSR count). The average molecular weight is 260 g/mol. The predicted molar refractivity (Wildman–Crippen MR) is 76.7 cm³/mol. The third kappa shape index (κ3) is 2.62. The quantitative estimate of drug-likeness (QED) is 0.611. The van der Waals surface area contributed by atoms with Gasteiger partial charge in [0.25, 0.3) is 11.2 Å². The van der Waals surface area contributed by atoms with Crippen molar-refractivity contribution >= 4 is 11.0 Å². The van der Waals surface area contributed by atoms with E-state index in [1.54, 1.807) is 31.2 Å². The summed E-state index contributed by atoms with van der Waals surface area (Å²) in [6.45, 7) is 3.88. The highest BCUT2D eigenvalue weighted by atomic mass is 16.5. The molecule has 19 heavy (non-hydrogen) atoms. The molecule has 0 unspecified atom stereocenters. The molecule has 0 aliphatic heterocycles. The fraction of sp³-hybridized carbons (Fsp3) is 0.467. The Morgan fingerprint density at radius 1 is 1.21 bits per heavy atom. The molecule has 1 aromatic carbocycles.